The van der Waals surface area contributed by atoms with Crippen LogP contribution in [0.25, 0.3) is 0 Å². The zero-order valence-electron chi connectivity index (χ0n) is 8.57. The van der Waals surface area contributed by atoms with Crippen molar-refractivity contribution in [3.05, 3.63) is 0 Å². The summed E-state index contributed by atoms with van der Waals surface area (Å²) in [6.07, 6.45) is 2.46. The monoisotopic (exact) mass is 195 g/mol. The Morgan fingerprint density at radius 2 is 2.21 bits per heavy atom. The van der Waals surface area contributed by atoms with Crippen LogP contribution >= 0.6 is 0 Å². The second-order valence-corrected chi connectivity index (χ2v) is 3.95. The molecule has 1 aliphatic heterocycles. The van der Waals surface area contributed by atoms with Crippen molar-refractivity contribution in [1.29, 1.82) is 5.26 Å². The molecule has 4 heteroatoms. The first-order valence-corrected chi connectivity index (χ1v) is 5.05. The number of rotatable bonds is 3. The summed E-state index contributed by atoms with van der Waals surface area (Å²) in [5, 5.41) is 8.73. The topological polar surface area (TPSA) is 70.1 Å². The van der Waals surface area contributed by atoms with Gasteiger partial charge in [-0.05, 0) is 38.8 Å². The van der Waals surface area contributed by atoms with Gasteiger partial charge in [-0.25, -0.2) is 0 Å². The number of hydrogen-bond acceptors (Lipinski definition) is 3. The largest absolute Gasteiger partial charge is 0.370 e. The Kier molecular flexibility index (Phi) is 3.90. The van der Waals surface area contributed by atoms with Gasteiger partial charge >= 0.3 is 0 Å². The second kappa shape index (κ2) is 4.97. The highest BCUT2D eigenvalue weighted by atomic mass is 16.1. The molecule has 0 aromatic carbocycles. The van der Waals surface area contributed by atoms with Gasteiger partial charge in [-0.15, -0.1) is 0 Å². The van der Waals surface area contributed by atoms with E-state index in [4.69, 9.17) is 11.0 Å². The van der Waals surface area contributed by atoms with E-state index >= 15 is 0 Å². The standard InChI is InChI=1S/C10H17N3O/c1-8(7-11)13-4-2-9(3-5-13)6-10(12)14/h8-9H,2-6H2,1H3,(H2,12,14). The van der Waals surface area contributed by atoms with Gasteiger partial charge in [0.25, 0.3) is 0 Å². The van der Waals surface area contributed by atoms with E-state index in [0.29, 0.717) is 12.3 Å². The quantitative estimate of drug-likeness (QED) is 0.712. The van der Waals surface area contributed by atoms with Gasteiger partial charge in [-0.3, -0.25) is 9.69 Å². The third-order valence-electron chi connectivity index (χ3n) is 2.87. The van der Waals surface area contributed by atoms with Crippen molar-refractivity contribution >= 4 is 5.91 Å². The molecule has 14 heavy (non-hydrogen) atoms. The molecule has 0 spiro atoms. The highest BCUT2D eigenvalue weighted by molar-refractivity contribution is 5.73. The smallest absolute Gasteiger partial charge is 0.217 e. The summed E-state index contributed by atoms with van der Waals surface area (Å²) in [5.74, 6) is 0.214. The van der Waals surface area contributed by atoms with Crippen LogP contribution in [-0.4, -0.2) is 29.9 Å². The predicted octanol–water partition coefficient (Wildman–Crippen LogP) is 0.486. The molecule has 1 fully saturated rings. The Labute approximate surface area is 84.7 Å². The minimum Gasteiger partial charge on any atom is -0.370 e. The van der Waals surface area contributed by atoms with Crippen molar-refractivity contribution in [3.8, 4) is 6.07 Å². The molecule has 0 aromatic rings. The van der Waals surface area contributed by atoms with Gasteiger partial charge in [0.05, 0.1) is 12.1 Å². The molecule has 0 aliphatic carbocycles. The molecule has 1 unspecified atom stereocenters. The lowest BCUT2D eigenvalue weighted by Gasteiger charge is -2.32. The molecule has 0 saturated carbocycles. The van der Waals surface area contributed by atoms with Crippen molar-refractivity contribution in [2.45, 2.75) is 32.2 Å². The van der Waals surface area contributed by atoms with Gasteiger partial charge < -0.3 is 5.73 Å². The molecular weight excluding hydrogens is 178 g/mol. The summed E-state index contributed by atoms with van der Waals surface area (Å²) in [6.45, 7) is 3.73. The molecule has 0 radical (unpaired) electrons. The van der Waals surface area contributed by atoms with E-state index in [1.807, 2.05) is 6.92 Å². The predicted molar refractivity (Wildman–Crippen MR) is 53.2 cm³/mol. The molecule has 4 nitrogen and oxygen atoms in total. The van der Waals surface area contributed by atoms with Gasteiger partial charge in [0.15, 0.2) is 0 Å². The first kappa shape index (κ1) is 11.0. The van der Waals surface area contributed by atoms with Crippen LogP contribution in [0.1, 0.15) is 26.2 Å². The number of hydrogen-bond donors (Lipinski definition) is 1. The number of nitriles is 1. The first-order valence-electron chi connectivity index (χ1n) is 5.05. The fourth-order valence-electron chi connectivity index (χ4n) is 1.91. The van der Waals surface area contributed by atoms with Crippen molar-refractivity contribution in [3.63, 3.8) is 0 Å². The van der Waals surface area contributed by atoms with Crippen LogP contribution in [0.15, 0.2) is 0 Å². The number of nitrogens with zero attached hydrogens (tertiary/aromatic N) is 2. The van der Waals surface area contributed by atoms with Gasteiger partial charge in [0.2, 0.25) is 5.91 Å². The molecule has 0 aromatic heterocycles. The maximum atomic E-state index is 10.7. The average Bonchev–Trinajstić information content (AvgIpc) is 2.17. The van der Waals surface area contributed by atoms with Crippen LogP contribution in [0.5, 0.6) is 0 Å². The molecule has 1 atom stereocenters. The van der Waals surface area contributed by atoms with Crippen molar-refractivity contribution in [1.82, 2.24) is 4.90 Å². The molecule has 1 heterocycles. The Bertz CT molecular complexity index is 238. The lowest BCUT2D eigenvalue weighted by Crippen LogP contribution is -2.39. The minimum atomic E-state index is -0.211. The molecule has 1 saturated heterocycles. The summed E-state index contributed by atoms with van der Waals surface area (Å²) in [6, 6.07) is 2.21. The summed E-state index contributed by atoms with van der Waals surface area (Å²) < 4.78 is 0. The van der Waals surface area contributed by atoms with Crippen LogP contribution in [0.3, 0.4) is 0 Å². The number of amides is 1. The Balaban J connectivity index is 2.32. The van der Waals surface area contributed by atoms with E-state index in [1.54, 1.807) is 0 Å². The van der Waals surface area contributed by atoms with Crippen molar-refractivity contribution in [2.75, 3.05) is 13.1 Å². The van der Waals surface area contributed by atoms with E-state index in [-0.39, 0.29) is 11.9 Å². The molecule has 1 rings (SSSR count). The van der Waals surface area contributed by atoms with Gasteiger partial charge in [0, 0.05) is 6.42 Å². The summed E-state index contributed by atoms with van der Waals surface area (Å²) in [5.41, 5.74) is 5.14. The number of primary amides is 1. The third-order valence-corrected chi connectivity index (χ3v) is 2.87. The Hall–Kier alpha value is -1.08. The third kappa shape index (κ3) is 3.00. The summed E-state index contributed by atoms with van der Waals surface area (Å²) >= 11 is 0. The van der Waals surface area contributed by atoms with Gasteiger partial charge in [-0.1, -0.05) is 0 Å². The number of likely N-dealkylation sites (tertiary alicyclic amines) is 1. The molecule has 1 amide bonds. The van der Waals surface area contributed by atoms with Crippen LogP contribution < -0.4 is 5.73 Å². The van der Waals surface area contributed by atoms with Crippen LogP contribution in [-0.2, 0) is 4.79 Å². The Morgan fingerprint density at radius 1 is 1.64 bits per heavy atom. The normalized spacial score (nSPS) is 21.4. The lowest BCUT2D eigenvalue weighted by molar-refractivity contribution is -0.119. The molecule has 1 aliphatic rings. The number of piperidine rings is 1. The fraction of sp³-hybridized carbons (Fsp3) is 0.800. The number of carbonyl (C=O) groups excluding carboxylic acids is 1. The average molecular weight is 195 g/mol. The molecule has 0 bridgehead atoms. The second-order valence-electron chi connectivity index (χ2n) is 3.95. The van der Waals surface area contributed by atoms with E-state index < -0.39 is 0 Å². The van der Waals surface area contributed by atoms with Gasteiger partial charge in [-0.2, -0.15) is 5.26 Å². The highest BCUT2D eigenvalue weighted by Crippen LogP contribution is 2.21. The maximum Gasteiger partial charge on any atom is 0.217 e. The SMILES string of the molecule is CC(C#N)N1CCC(CC(N)=O)CC1. The van der Waals surface area contributed by atoms with E-state index in [0.717, 1.165) is 25.9 Å². The number of carbonyl (C=O) groups is 1. The lowest BCUT2D eigenvalue weighted by atomic mass is 9.93. The first-order chi connectivity index (χ1) is 6.63. The Morgan fingerprint density at radius 3 is 2.64 bits per heavy atom. The van der Waals surface area contributed by atoms with Crippen LogP contribution in [0.4, 0.5) is 0 Å². The van der Waals surface area contributed by atoms with Crippen molar-refractivity contribution < 1.29 is 4.79 Å². The molecular formula is C10H17N3O. The summed E-state index contributed by atoms with van der Waals surface area (Å²) in [7, 11) is 0. The van der Waals surface area contributed by atoms with Crippen molar-refractivity contribution in [2.24, 2.45) is 11.7 Å². The van der Waals surface area contributed by atoms with E-state index in [9.17, 15) is 4.79 Å². The number of nitrogens with two attached hydrogens (primary N) is 1. The van der Waals surface area contributed by atoms with E-state index in [2.05, 4.69) is 11.0 Å². The zero-order valence-corrected chi connectivity index (χ0v) is 8.57. The van der Waals surface area contributed by atoms with Crippen LogP contribution in [0.2, 0.25) is 0 Å². The van der Waals surface area contributed by atoms with Gasteiger partial charge in [0.1, 0.15) is 0 Å². The van der Waals surface area contributed by atoms with E-state index in [1.165, 1.54) is 0 Å². The fourth-order valence-corrected chi connectivity index (χ4v) is 1.91. The molecule has 78 valence electrons. The summed E-state index contributed by atoms with van der Waals surface area (Å²) in [4.78, 5) is 12.8. The zero-order chi connectivity index (χ0) is 10.6. The molecule has 2 N–H and O–H groups in total. The highest BCUT2D eigenvalue weighted by Gasteiger charge is 2.23. The minimum absolute atomic E-state index is 0.00970. The van der Waals surface area contributed by atoms with Crippen LogP contribution in [0, 0.1) is 17.2 Å². The maximum absolute atomic E-state index is 10.7.